The summed E-state index contributed by atoms with van der Waals surface area (Å²) in [5.41, 5.74) is 0.797. The highest BCUT2D eigenvalue weighted by molar-refractivity contribution is 7.89. The number of nitrogens with zero attached hydrogens (tertiary/aromatic N) is 2. The number of morpholine rings is 1. The van der Waals surface area contributed by atoms with E-state index in [0.29, 0.717) is 26.3 Å². The largest absolute Gasteiger partial charge is 0.379 e. The molecule has 2 aromatic rings. The molecule has 1 aromatic carbocycles. The molecule has 0 bridgehead atoms. The van der Waals surface area contributed by atoms with Crippen molar-refractivity contribution in [3.63, 3.8) is 0 Å². The van der Waals surface area contributed by atoms with Gasteiger partial charge >= 0.3 is 0 Å². The maximum absolute atomic E-state index is 12.7. The summed E-state index contributed by atoms with van der Waals surface area (Å²) in [6, 6.07) is 10.9. The SMILES string of the molecule is O=C(C=Cc1ccc(S(=O)(=O)N2CCOCC2)cc1)N1CCCC1c1cccs1. The van der Waals surface area contributed by atoms with E-state index >= 15 is 0 Å². The Morgan fingerprint density at radius 1 is 1.10 bits per heavy atom. The van der Waals surface area contributed by atoms with Crippen LogP contribution in [0.1, 0.15) is 29.3 Å². The van der Waals surface area contributed by atoms with Gasteiger partial charge in [-0.2, -0.15) is 4.31 Å². The van der Waals surface area contributed by atoms with Crippen molar-refractivity contribution in [3.05, 3.63) is 58.3 Å². The minimum absolute atomic E-state index is 0.00841. The van der Waals surface area contributed by atoms with Gasteiger partial charge in [0.15, 0.2) is 0 Å². The summed E-state index contributed by atoms with van der Waals surface area (Å²) in [6.07, 6.45) is 5.33. The molecular formula is C21H24N2O4S2. The summed E-state index contributed by atoms with van der Waals surface area (Å²) >= 11 is 1.68. The number of carbonyl (C=O) groups excluding carboxylic acids is 1. The van der Waals surface area contributed by atoms with Crippen LogP contribution in [0.15, 0.2) is 52.7 Å². The smallest absolute Gasteiger partial charge is 0.247 e. The molecule has 1 aromatic heterocycles. The first-order chi connectivity index (χ1) is 14.1. The van der Waals surface area contributed by atoms with E-state index in [9.17, 15) is 13.2 Å². The fourth-order valence-electron chi connectivity index (χ4n) is 3.76. The van der Waals surface area contributed by atoms with Gasteiger partial charge in [-0.15, -0.1) is 11.3 Å². The number of hydrogen-bond donors (Lipinski definition) is 0. The first kappa shape index (κ1) is 20.3. The fraction of sp³-hybridized carbons (Fsp3) is 0.381. The van der Waals surface area contributed by atoms with Gasteiger partial charge in [0.1, 0.15) is 0 Å². The van der Waals surface area contributed by atoms with Crippen molar-refractivity contribution in [1.82, 2.24) is 9.21 Å². The molecule has 1 unspecified atom stereocenters. The third-order valence-electron chi connectivity index (χ3n) is 5.31. The van der Waals surface area contributed by atoms with Crippen molar-refractivity contribution in [2.24, 2.45) is 0 Å². The number of hydrogen-bond acceptors (Lipinski definition) is 5. The highest BCUT2D eigenvalue weighted by Gasteiger charge is 2.29. The predicted octanol–water partition coefficient (Wildman–Crippen LogP) is 3.15. The maximum atomic E-state index is 12.7. The van der Waals surface area contributed by atoms with Gasteiger partial charge in [0.05, 0.1) is 24.2 Å². The third-order valence-corrected chi connectivity index (χ3v) is 8.20. The lowest BCUT2D eigenvalue weighted by atomic mass is 10.2. The molecule has 0 saturated carbocycles. The minimum Gasteiger partial charge on any atom is -0.379 e. The van der Waals surface area contributed by atoms with Crippen LogP contribution in [-0.4, -0.2) is 56.4 Å². The highest BCUT2D eigenvalue weighted by Crippen LogP contribution is 2.34. The molecule has 1 atom stereocenters. The molecular weight excluding hydrogens is 408 g/mol. The van der Waals surface area contributed by atoms with Gasteiger partial charge in [-0.3, -0.25) is 4.79 Å². The molecule has 8 heteroatoms. The van der Waals surface area contributed by atoms with E-state index in [4.69, 9.17) is 4.74 Å². The molecule has 0 spiro atoms. The van der Waals surface area contributed by atoms with Gasteiger partial charge in [0.25, 0.3) is 0 Å². The molecule has 3 heterocycles. The number of sulfonamides is 1. The van der Waals surface area contributed by atoms with Crippen molar-refractivity contribution < 1.29 is 17.9 Å². The average molecular weight is 433 g/mol. The Kier molecular flexibility index (Phi) is 6.15. The number of carbonyl (C=O) groups is 1. The molecule has 2 saturated heterocycles. The Labute approximate surface area is 175 Å². The van der Waals surface area contributed by atoms with Gasteiger partial charge in [-0.1, -0.05) is 18.2 Å². The average Bonchev–Trinajstić information content (AvgIpc) is 3.44. The minimum atomic E-state index is -3.50. The van der Waals surface area contributed by atoms with E-state index in [0.717, 1.165) is 24.9 Å². The summed E-state index contributed by atoms with van der Waals surface area (Å²) in [6.45, 7) is 2.36. The van der Waals surface area contributed by atoms with Crippen LogP contribution < -0.4 is 0 Å². The van der Waals surface area contributed by atoms with Gasteiger partial charge in [-0.05, 0) is 48.1 Å². The Morgan fingerprint density at radius 2 is 1.86 bits per heavy atom. The third kappa shape index (κ3) is 4.45. The van der Waals surface area contributed by atoms with Crippen LogP contribution in [0.2, 0.25) is 0 Å². The lowest BCUT2D eigenvalue weighted by Gasteiger charge is -2.26. The molecule has 2 aliphatic heterocycles. The molecule has 6 nitrogen and oxygen atoms in total. The second-order valence-corrected chi connectivity index (χ2v) is 10.0. The Hall–Kier alpha value is -2.00. The summed E-state index contributed by atoms with van der Waals surface area (Å²) in [5.74, 6) is -0.00841. The molecule has 2 aliphatic rings. The molecule has 0 aliphatic carbocycles. The van der Waals surface area contributed by atoms with Crippen LogP contribution >= 0.6 is 11.3 Å². The van der Waals surface area contributed by atoms with E-state index in [1.54, 1.807) is 47.8 Å². The quantitative estimate of drug-likeness (QED) is 0.681. The number of ether oxygens (including phenoxy) is 1. The standard InChI is InChI=1S/C21H24N2O4S2/c24-21(23-11-1-3-19(23)20-4-2-16-28-20)10-7-17-5-8-18(9-6-17)29(25,26)22-12-14-27-15-13-22/h2,4-10,16,19H,1,3,11-15H2. The summed E-state index contributed by atoms with van der Waals surface area (Å²) in [7, 11) is -3.50. The number of benzene rings is 1. The van der Waals surface area contributed by atoms with Gasteiger partial charge in [0.2, 0.25) is 15.9 Å². The lowest BCUT2D eigenvalue weighted by molar-refractivity contribution is -0.126. The van der Waals surface area contributed by atoms with Gasteiger partial charge < -0.3 is 9.64 Å². The van der Waals surface area contributed by atoms with Crippen molar-refractivity contribution in [3.8, 4) is 0 Å². The van der Waals surface area contributed by atoms with E-state index < -0.39 is 10.0 Å². The first-order valence-electron chi connectivity index (χ1n) is 9.76. The van der Waals surface area contributed by atoms with Crippen molar-refractivity contribution in [2.75, 3.05) is 32.8 Å². The van der Waals surface area contributed by atoms with Crippen molar-refractivity contribution in [2.45, 2.75) is 23.8 Å². The van der Waals surface area contributed by atoms with Crippen LogP contribution in [0, 0.1) is 0 Å². The molecule has 1 amide bonds. The van der Waals surface area contributed by atoms with E-state index in [1.165, 1.54) is 9.18 Å². The molecule has 29 heavy (non-hydrogen) atoms. The topological polar surface area (TPSA) is 66.9 Å². The Bertz CT molecular complexity index is 963. The summed E-state index contributed by atoms with van der Waals surface area (Å²) in [4.78, 5) is 16.1. The van der Waals surface area contributed by atoms with Crippen LogP contribution in [0.4, 0.5) is 0 Å². The second-order valence-electron chi connectivity index (χ2n) is 7.12. The van der Waals surface area contributed by atoms with E-state index in [2.05, 4.69) is 6.07 Å². The number of likely N-dealkylation sites (tertiary alicyclic amines) is 1. The van der Waals surface area contributed by atoms with Crippen LogP contribution in [-0.2, 0) is 19.6 Å². The van der Waals surface area contributed by atoms with Crippen LogP contribution in [0.5, 0.6) is 0 Å². The molecule has 2 fully saturated rings. The summed E-state index contributed by atoms with van der Waals surface area (Å²) in [5, 5.41) is 2.04. The van der Waals surface area contributed by atoms with Gasteiger partial charge in [0, 0.05) is 30.6 Å². The Balaban J connectivity index is 1.43. The second kappa shape index (κ2) is 8.79. The first-order valence-corrected chi connectivity index (χ1v) is 12.1. The molecule has 0 N–H and O–H groups in total. The van der Waals surface area contributed by atoms with E-state index in [1.807, 2.05) is 16.3 Å². The lowest BCUT2D eigenvalue weighted by Crippen LogP contribution is -2.40. The van der Waals surface area contributed by atoms with Gasteiger partial charge in [-0.25, -0.2) is 8.42 Å². The molecule has 0 radical (unpaired) electrons. The zero-order valence-electron chi connectivity index (χ0n) is 16.1. The van der Waals surface area contributed by atoms with Crippen LogP contribution in [0.3, 0.4) is 0 Å². The van der Waals surface area contributed by atoms with Crippen LogP contribution in [0.25, 0.3) is 6.08 Å². The van der Waals surface area contributed by atoms with Crippen molar-refractivity contribution in [1.29, 1.82) is 0 Å². The highest BCUT2D eigenvalue weighted by atomic mass is 32.2. The monoisotopic (exact) mass is 432 g/mol. The normalized spacial score (nSPS) is 21.1. The summed E-state index contributed by atoms with van der Waals surface area (Å²) < 4.78 is 32.0. The number of rotatable bonds is 5. The molecule has 154 valence electrons. The number of amides is 1. The van der Waals surface area contributed by atoms with E-state index in [-0.39, 0.29) is 16.8 Å². The maximum Gasteiger partial charge on any atom is 0.247 e. The molecule has 4 rings (SSSR count). The fourth-order valence-corrected chi connectivity index (χ4v) is 6.04. The number of thiophene rings is 1. The zero-order valence-corrected chi connectivity index (χ0v) is 17.7. The van der Waals surface area contributed by atoms with Crippen molar-refractivity contribution >= 4 is 33.3 Å². The zero-order chi connectivity index (χ0) is 20.3. The Morgan fingerprint density at radius 3 is 2.55 bits per heavy atom. The predicted molar refractivity (Wildman–Crippen MR) is 113 cm³/mol.